The van der Waals surface area contributed by atoms with Gasteiger partial charge in [0, 0.05) is 0 Å². The molecule has 0 aromatic heterocycles. The molecule has 0 heterocycles. The van der Waals surface area contributed by atoms with Gasteiger partial charge in [0.15, 0.2) is 0 Å². The zero-order chi connectivity index (χ0) is 8.55. The average molecular weight is 175 g/mol. The molecule has 70 valence electrons. The molecular weight excluding hydrogens is 160 g/mol. The van der Waals surface area contributed by atoms with Gasteiger partial charge in [0.2, 0.25) is 0 Å². The van der Waals surface area contributed by atoms with Crippen molar-refractivity contribution in [1.82, 2.24) is 5.32 Å². The van der Waals surface area contributed by atoms with E-state index in [-0.39, 0.29) is 6.54 Å². The van der Waals surface area contributed by atoms with Crippen LogP contribution in [0, 0.1) is 17.8 Å². The van der Waals surface area contributed by atoms with Crippen LogP contribution in [0.25, 0.3) is 0 Å². The lowest BCUT2D eigenvalue weighted by molar-refractivity contribution is 0.145. The number of nitrogens with one attached hydrogen (secondary N) is 1. The average Bonchev–Trinajstić information content (AvgIpc) is 2.49. The third kappa shape index (κ3) is 1.60. The number of fused-ring (bicyclic) bond motifs is 1. The largest absolute Gasteiger partial charge is 0.311 e. The molecule has 2 rings (SSSR count). The van der Waals surface area contributed by atoms with Gasteiger partial charge < -0.3 is 5.32 Å². The molecule has 2 aliphatic rings. The van der Waals surface area contributed by atoms with Crippen molar-refractivity contribution in [3.05, 3.63) is 0 Å². The van der Waals surface area contributed by atoms with E-state index in [1.807, 2.05) is 0 Å². The molecule has 0 bridgehead atoms. The first kappa shape index (κ1) is 8.42. The zero-order valence-corrected chi connectivity index (χ0v) is 7.10. The predicted molar refractivity (Wildman–Crippen MR) is 43.2 cm³/mol. The van der Waals surface area contributed by atoms with Gasteiger partial charge in [-0.05, 0) is 37.1 Å². The zero-order valence-electron chi connectivity index (χ0n) is 7.10. The summed E-state index contributed by atoms with van der Waals surface area (Å²) in [7, 11) is 0. The van der Waals surface area contributed by atoms with Crippen LogP contribution in [-0.2, 0) is 0 Å². The van der Waals surface area contributed by atoms with Gasteiger partial charge in [-0.15, -0.1) is 0 Å². The summed E-state index contributed by atoms with van der Waals surface area (Å²) in [6, 6.07) is 0. The highest BCUT2D eigenvalue weighted by Crippen LogP contribution is 2.56. The van der Waals surface area contributed by atoms with E-state index in [2.05, 4.69) is 5.32 Å². The summed E-state index contributed by atoms with van der Waals surface area (Å²) >= 11 is 0. The summed E-state index contributed by atoms with van der Waals surface area (Å²) in [5, 5.41) is 2.83. The number of alkyl halides is 2. The smallest absolute Gasteiger partial charge is 0.250 e. The van der Waals surface area contributed by atoms with E-state index in [9.17, 15) is 8.78 Å². The molecule has 1 nitrogen and oxygen atoms in total. The van der Waals surface area contributed by atoms with Crippen molar-refractivity contribution in [1.29, 1.82) is 0 Å². The molecular formula is C9H15F2N. The van der Waals surface area contributed by atoms with Gasteiger partial charge in [0.1, 0.15) is 0 Å². The Morgan fingerprint density at radius 2 is 1.92 bits per heavy atom. The lowest BCUT2D eigenvalue weighted by Gasteiger charge is -2.04. The van der Waals surface area contributed by atoms with E-state index in [0.29, 0.717) is 0 Å². The second kappa shape index (κ2) is 3.29. The molecule has 2 aliphatic carbocycles. The molecule has 2 fully saturated rings. The van der Waals surface area contributed by atoms with E-state index >= 15 is 0 Å². The van der Waals surface area contributed by atoms with Gasteiger partial charge >= 0.3 is 0 Å². The Kier molecular flexibility index (Phi) is 2.31. The van der Waals surface area contributed by atoms with Crippen molar-refractivity contribution in [3.63, 3.8) is 0 Å². The van der Waals surface area contributed by atoms with E-state index < -0.39 is 6.43 Å². The highest BCUT2D eigenvalue weighted by atomic mass is 19.3. The fraction of sp³-hybridized carbons (Fsp3) is 1.00. The Balaban J connectivity index is 1.58. The Hall–Kier alpha value is -0.180. The monoisotopic (exact) mass is 175 g/mol. The molecule has 2 saturated carbocycles. The third-order valence-electron chi connectivity index (χ3n) is 3.26. The first-order valence-corrected chi connectivity index (χ1v) is 4.78. The molecule has 0 amide bonds. The Bertz CT molecular complexity index is 151. The van der Waals surface area contributed by atoms with Crippen LogP contribution in [-0.4, -0.2) is 19.5 Å². The second-order valence-corrected chi connectivity index (χ2v) is 3.97. The van der Waals surface area contributed by atoms with Crippen molar-refractivity contribution in [3.8, 4) is 0 Å². The van der Waals surface area contributed by atoms with Gasteiger partial charge in [0.25, 0.3) is 6.43 Å². The summed E-state index contributed by atoms with van der Waals surface area (Å²) in [6.07, 6.45) is 1.85. The fourth-order valence-electron chi connectivity index (χ4n) is 2.63. The Morgan fingerprint density at radius 3 is 2.50 bits per heavy atom. The summed E-state index contributed by atoms with van der Waals surface area (Å²) in [5.41, 5.74) is 0. The van der Waals surface area contributed by atoms with Crippen molar-refractivity contribution >= 4 is 0 Å². The van der Waals surface area contributed by atoms with Crippen LogP contribution in [0.3, 0.4) is 0 Å². The van der Waals surface area contributed by atoms with Crippen molar-refractivity contribution in [2.24, 2.45) is 17.8 Å². The normalized spacial score (nSPS) is 38.8. The molecule has 12 heavy (non-hydrogen) atoms. The molecule has 0 radical (unpaired) electrons. The lowest BCUT2D eigenvalue weighted by atomic mass is 10.1. The van der Waals surface area contributed by atoms with Gasteiger partial charge in [-0.3, -0.25) is 0 Å². The molecule has 0 aromatic rings. The fourth-order valence-corrected chi connectivity index (χ4v) is 2.63. The standard InChI is InChI=1S/C9H15F2N/c10-9(11)5-12-4-8-6-2-1-3-7(6)8/h6-9,12H,1-5H2. The number of hydrogen-bond donors (Lipinski definition) is 1. The minimum Gasteiger partial charge on any atom is -0.311 e. The quantitative estimate of drug-likeness (QED) is 0.688. The Morgan fingerprint density at radius 1 is 1.25 bits per heavy atom. The Labute approximate surface area is 71.5 Å². The highest BCUT2D eigenvalue weighted by Gasteiger charge is 2.51. The van der Waals surface area contributed by atoms with Gasteiger partial charge in [-0.2, -0.15) is 0 Å². The van der Waals surface area contributed by atoms with Crippen LogP contribution >= 0.6 is 0 Å². The van der Waals surface area contributed by atoms with Crippen LogP contribution in [0.2, 0.25) is 0 Å². The minimum absolute atomic E-state index is 0.129. The van der Waals surface area contributed by atoms with Gasteiger partial charge in [-0.1, -0.05) is 6.42 Å². The van der Waals surface area contributed by atoms with E-state index in [1.54, 1.807) is 0 Å². The van der Waals surface area contributed by atoms with Crippen LogP contribution in [0.15, 0.2) is 0 Å². The number of halogens is 2. The lowest BCUT2D eigenvalue weighted by Crippen LogP contribution is -2.24. The van der Waals surface area contributed by atoms with Crippen molar-refractivity contribution < 1.29 is 8.78 Å². The van der Waals surface area contributed by atoms with E-state index in [0.717, 1.165) is 24.3 Å². The summed E-state index contributed by atoms with van der Waals surface area (Å²) in [6.45, 7) is 0.690. The molecule has 0 aromatic carbocycles. The van der Waals surface area contributed by atoms with Crippen LogP contribution in [0.1, 0.15) is 19.3 Å². The molecule has 2 unspecified atom stereocenters. The van der Waals surface area contributed by atoms with Crippen LogP contribution in [0.5, 0.6) is 0 Å². The van der Waals surface area contributed by atoms with Crippen LogP contribution < -0.4 is 5.32 Å². The maximum Gasteiger partial charge on any atom is 0.250 e. The maximum absolute atomic E-state index is 11.7. The van der Waals surface area contributed by atoms with E-state index in [4.69, 9.17) is 0 Å². The molecule has 3 heteroatoms. The highest BCUT2D eigenvalue weighted by molar-refractivity contribution is 5.01. The van der Waals surface area contributed by atoms with Crippen molar-refractivity contribution in [2.45, 2.75) is 25.7 Å². The first-order valence-electron chi connectivity index (χ1n) is 4.78. The molecule has 2 atom stereocenters. The SMILES string of the molecule is FC(F)CNCC1C2CCCC21. The predicted octanol–water partition coefficient (Wildman–Crippen LogP) is 1.89. The second-order valence-electron chi connectivity index (χ2n) is 3.97. The first-order chi connectivity index (χ1) is 5.79. The summed E-state index contributed by atoms with van der Waals surface area (Å²) in [4.78, 5) is 0. The molecule has 0 spiro atoms. The molecule has 0 aliphatic heterocycles. The maximum atomic E-state index is 11.7. The topological polar surface area (TPSA) is 12.0 Å². The van der Waals surface area contributed by atoms with Gasteiger partial charge in [0.05, 0.1) is 6.54 Å². The summed E-state index contributed by atoms with van der Waals surface area (Å²) < 4.78 is 23.5. The van der Waals surface area contributed by atoms with E-state index in [1.165, 1.54) is 19.3 Å². The molecule has 0 saturated heterocycles. The number of hydrogen-bond acceptors (Lipinski definition) is 1. The van der Waals surface area contributed by atoms with Crippen molar-refractivity contribution in [2.75, 3.05) is 13.1 Å². The summed E-state index contributed by atoms with van der Waals surface area (Å²) in [5.74, 6) is 2.50. The number of rotatable bonds is 4. The van der Waals surface area contributed by atoms with Gasteiger partial charge in [-0.25, -0.2) is 8.78 Å². The minimum atomic E-state index is -2.19. The van der Waals surface area contributed by atoms with Crippen LogP contribution in [0.4, 0.5) is 8.78 Å². The molecule has 1 N–H and O–H groups in total. The third-order valence-corrected chi connectivity index (χ3v) is 3.26.